The first kappa shape index (κ1) is 15.1. The van der Waals surface area contributed by atoms with Crippen LogP contribution < -0.4 is 0 Å². The van der Waals surface area contributed by atoms with E-state index in [1.54, 1.807) is 0 Å². The molecule has 3 atom stereocenters. The summed E-state index contributed by atoms with van der Waals surface area (Å²) in [5.41, 5.74) is 1.26. The van der Waals surface area contributed by atoms with Crippen LogP contribution >= 0.6 is 15.9 Å². The van der Waals surface area contributed by atoms with Gasteiger partial charge in [-0.15, -0.1) is 0 Å². The Hall–Kier alpha value is -0.310. The lowest BCUT2D eigenvalue weighted by molar-refractivity contribution is 0.261. The molecule has 1 aromatic rings. The Balaban J connectivity index is 1.95. The van der Waals surface area contributed by atoms with Gasteiger partial charge in [-0.25, -0.2) is 0 Å². The van der Waals surface area contributed by atoms with Crippen molar-refractivity contribution >= 4 is 15.9 Å². The highest BCUT2D eigenvalue weighted by Crippen LogP contribution is 2.37. The second-order valence-corrected chi connectivity index (χ2v) is 7.50. The molecule has 0 aliphatic heterocycles. The third-order valence-electron chi connectivity index (χ3n) is 4.36. The molecule has 1 aliphatic rings. The molecule has 1 fully saturated rings. The predicted molar refractivity (Wildman–Crippen MR) is 84.8 cm³/mol. The van der Waals surface area contributed by atoms with E-state index in [2.05, 4.69) is 53.6 Å². The first-order chi connectivity index (χ1) is 9.10. The van der Waals surface area contributed by atoms with Gasteiger partial charge >= 0.3 is 0 Å². The lowest BCUT2D eigenvalue weighted by atomic mass is 9.77. The van der Waals surface area contributed by atoms with Gasteiger partial charge in [-0.1, -0.05) is 35.7 Å². The first-order valence-electron chi connectivity index (χ1n) is 7.78. The van der Waals surface area contributed by atoms with Crippen LogP contribution in [0.5, 0.6) is 0 Å². The Morgan fingerprint density at radius 1 is 1.42 bits per heavy atom. The Morgan fingerprint density at radius 3 is 2.84 bits per heavy atom. The van der Waals surface area contributed by atoms with Crippen LogP contribution in [-0.2, 0) is 6.42 Å². The molecule has 0 aromatic carbocycles. The number of rotatable bonds is 5. The molecular weight excluding hydrogens is 300 g/mol. The summed E-state index contributed by atoms with van der Waals surface area (Å²) in [5.74, 6) is 1.71. The summed E-state index contributed by atoms with van der Waals surface area (Å²) >= 11 is 3.89. The fourth-order valence-electron chi connectivity index (χ4n) is 3.25. The zero-order valence-electron chi connectivity index (χ0n) is 12.5. The Kier molecular flexibility index (Phi) is 5.49. The molecule has 1 heterocycles. The molecule has 2 rings (SSSR count). The van der Waals surface area contributed by atoms with Crippen molar-refractivity contribution in [3.8, 4) is 0 Å². The lowest BCUT2D eigenvalue weighted by Gasteiger charge is -2.33. The molecule has 0 radical (unpaired) electrons. The average Bonchev–Trinajstić information content (AvgIpc) is 2.82. The third-order valence-corrected chi connectivity index (χ3v) is 5.56. The van der Waals surface area contributed by atoms with Gasteiger partial charge in [0.05, 0.1) is 5.69 Å². The van der Waals surface area contributed by atoms with Crippen molar-refractivity contribution in [2.24, 2.45) is 11.8 Å². The van der Waals surface area contributed by atoms with Crippen LogP contribution in [0.15, 0.2) is 12.3 Å². The molecule has 0 amide bonds. The molecule has 0 saturated heterocycles. The Morgan fingerprint density at radius 2 is 2.21 bits per heavy atom. The van der Waals surface area contributed by atoms with Crippen molar-refractivity contribution in [1.82, 2.24) is 9.78 Å². The van der Waals surface area contributed by atoms with E-state index in [4.69, 9.17) is 5.10 Å². The fraction of sp³-hybridized carbons (Fsp3) is 0.812. The summed E-state index contributed by atoms with van der Waals surface area (Å²) in [6.07, 6.45) is 10.1. The van der Waals surface area contributed by atoms with E-state index in [0.717, 1.165) is 18.3 Å². The highest BCUT2D eigenvalue weighted by atomic mass is 79.9. The number of alkyl halides is 1. The van der Waals surface area contributed by atoms with Crippen molar-refractivity contribution in [1.29, 1.82) is 0 Å². The smallest absolute Gasteiger partial charge is 0.0627 e. The number of nitrogens with zero attached hydrogens (tertiary/aromatic N) is 2. The van der Waals surface area contributed by atoms with Gasteiger partial charge in [-0.3, -0.25) is 4.68 Å². The molecule has 3 unspecified atom stereocenters. The van der Waals surface area contributed by atoms with E-state index in [0.29, 0.717) is 10.9 Å². The van der Waals surface area contributed by atoms with Crippen LogP contribution in [0.25, 0.3) is 0 Å². The molecule has 19 heavy (non-hydrogen) atoms. The van der Waals surface area contributed by atoms with Gasteiger partial charge in [0.25, 0.3) is 0 Å². The standard InChI is InChI=1S/C16H27BrN2/c1-4-5-13-6-7-16(17)14(10-13)11-15-8-9-19(18-15)12(2)3/h8-9,12-14,16H,4-7,10-11H2,1-3H3. The predicted octanol–water partition coefficient (Wildman–Crippen LogP) is 4.99. The topological polar surface area (TPSA) is 17.8 Å². The zero-order valence-corrected chi connectivity index (χ0v) is 14.1. The highest BCUT2D eigenvalue weighted by molar-refractivity contribution is 9.09. The first-order valence-corrected chi connectivity index (χ1v) is 8.69. The summed E-state index contributed by atoms with van der Waals surface area (Å²) in [5, 5.41) is 4.71. The maximum atomic E-state index is 4.71. The monoisotopic (exact) mass is 326 g/mol. The van der Waals surface area contributed by atoms with Crippen LogP contribution in [0.4, 0.5) is 0 Å². The molecule has 1 aromatic heterocycles. The van der Waals surface area contributed by atoms with E-state index in [1.165, 1.54) is 37.8 Å². The normalized spacial score (nSPS) is 27.9. The fourth-order valence-corrected chi connectivity index (χ4v) is 3.92. The van der Waals surface area contributed by atoms with Crippen LogP contribution in [0.3, 0.4) is 0 Å². The molecule has 2 nitrogen and oxygen atoms in total. The van der Waals surface area contributed by atoms with Gasteiger partial charge in [-0.05, 0) is 57.4 Å². The van der Waals surface area contributed by atoms with Crippen molar-refractivity contribution in [2.45, 2.75) is 70.2 Å². The van der Waals surface area contributed by atoms with Crippen LogP contribution in [-0.4, -0.2) is 14.6 Å². The van der Waals surface area contributed by atoms with Crippen molar-refractivity contribution in [2.75, 3.05) is 0 Å². The zero-order chi connectivity index (χ0) is 13.8. The SMILES string of the molecule is CCCC1CCC(Br)C(Cc2ccn(C(C)C)n2)C1. The number of halogens is 1. The van der Waals surface area contributed by atoms with Crippen molar-refractivity contribution in [3.05, 3.63) is 18.0 Å². The minimum absolute atomic E-state index is 0.465. The largest absolute Gasteiger partial charge is 0.270 e. The minimum atomic E-state index is 0.465. The molecule has 0 N–H and O–H groups in total. The average molecular weight is 327 g/mol. The highest BCUT2D eigenvalue weighted by Gasteiger charge is 2.29. The van der Waals surface area contributed by atoms with Crippen LogP contribution in [0.1, 0.15) is 64.6 Å². The van der Waals surface area contributed by atoms with Gasteiger partial charge in [0.15, 0.2) is 0 Å². The van der Waals surface area contributed by atoms with Gasteiger partial charge < -0.3 is 0 Å². The molecule has 3 heteroatoms. The summed E-state index contributed by atoms with van der Waals surface area (Å²) in [6, 6.07) is 2.66. The maximum Gasteiger partial charge on any atom is 0.0627 e. The Labute approximate surface area is 126 Å². The van der Waals surface area contributed by atoms with E-state index in [-0.39, 0.29) is 0 Å². The molecule has 0 bridgehead atoms. The van der Waals surface area contributed by atoms with E-state index in [1.807, 2.05) is 0 Å². The summed E-state index contributed by atoms with van der Waals surface area (Å²) in [4.78, 5) is 0.685. The quantitative estimate of drug-likeness (QED) is 0.697. The third kappa shape index (κ3) is 4.08. The molecule has 1 saturated carbocycles. The maximum absolute atomic E-state index is 4.71. The molecule has 1 aliphatic carbocycles. The van der Waals surface area contributed by atoms with Crippen molar-refractivity contribution in [3.63, 3.8) is 0 Å². The lowest BCUT2D eigenvalue weighted by Crippen LogP contribution is -2.27. The van der Waals surface area contributed by atoms with Crippen LogP contribution in [0, 0.1) is 11.8 Å². The number of hydrogen-bond donors (Lipinski definition) is 0. The second kappa shape index (κ2) is 6.92. The Bertz CT molecular complexity index is 386. The van der Waals surface area contributed by atoms with E-state index in [9.17, 15) is 0 Å². The summed E-state index contributed by atoms with van der Waals surface area (Å²) < 4.78 is 2.07. The summed E-state index contributed by atoms with van der Waals surface area (Å²) in [6.45, 7) is 6.67. The van der Waals surface area contributed by atoms with Crippen molar-refractivity contribution < 1.29 is 0 Å². The van der Waals surface area contributed by atoms with Gasteiger partial charge in [0.2, 0.25) is 0 Å². The van der Waals surface area contributed by atoms with E-state index < -0.39 is 0 Å². The minimum Gasteiger partial charge on any atom is -0.270 e. The number of aromatic nitrogens is 2. The second-order valence-electron chi connectivity index (χ2n) is 6.33. The van der Waals surface area contributed by atoms with Gasteiger partial charge in [0, 0.05) is 17.1 Å². The van der Waals surface area contributed by atoms with Gasteiger partial charge in [0.1, 0.15) is 0 Å². The molecule has 0 spiro atoms. The molecule has 108 valence electrons. The molecular formula is C16H27BrN2. The number of hydrogen-bond acceptors (Lipinski definition) is 1. The van der Waals surface area contributed by atoms with Gasteiger partial charge in [-0.2, -0.15) is 5.10 Å². The van der Waals surface area contributed by atoms with Crippen LogP contribution in [0.2, 0.25) is 0 Å². The van der Waals surface area contributed by atoms with E-state index >= 15 is 0 Å². The summed E-state index contributed by atoms with van der Waals surface area (Å²) in [7, 11) is 0.